The van der Waals surface area contributed by atoms with Crippen LogP contribution in [-0.2, 0) is 14.8 Å². The SMILES string of the molecule is COc1ccccc1OC(C)C(=O)Nc1ccc(S(=O)(=O)NC(C)C)cc1. The number of benzene rings is 2. The van der Waals surface area contributed by atoms with Crippen LogP contribution in [0.4, 0.5) is 5.69 Å². The molecular weight excluding hydrogens is 368 g/mol. The van der Waals surface area contributed by atoms with E-state index < -0.39 is 16.1 Å². The Labute approximate surface area is 159 Å². The van der Waals surface area contributed by atoms with Gasteiger partial charge in [-0.3, -0.25) is 4.79 Å². The number of hydrogen-bond acceptors (Lipinski definition) is 5. The van der Waals surface area contributed by atoms with Crippen molar-refractivity contribution >= 4 is 21.6 Å². The summed E-state index contributed by atoms with van der Waals surface area (Å²) in [6.45, 7) is 5.11. The third-order valence-electron chi connectivity index (χ3n) is 3.57. The predicted octanol–water partition coefficient (Wildman–Crippen LogP) is 2.79. The molecule has 2 aromatic carbocycles. The minimum absolute atomic E-state index is 0.132. The molecule has 2 aromatic rings. The molecule has 0 saturated heterocycles. The predicted molar refractivity (Wildman–Crippen MR) is 104 cm³/mol. The van der Waals surface area contributed by atoms with Crippen LogP contribution in [0.5, 0.6) is 11.5 Å². The maximum absolute atomic E-state index is 12.3. The fourth-order valence-electron chi connectivity index (χ4n) is 2.30. The summed E-state index contributed by atoms with van der Waals surface area (Å²) in [5.74, 6) is 0.630. The molecule has 0 saturated carbocycles. The number of carbonyl (C=O) groups excluding carboxylic acids is 1. The van der Waals surface area contributed by atoms with E-state index >= 15 is 0 Å². The van der Waals surface area contributed by atoms with E-state index in [4.69, 9.17) is 9.47 Å². The summed E-state index contributed by atoms with van der Waals surface area (Å²) in [5.41, 5.74) is 0.471. The van der Waals surface area contributed by atoms with E-state index in [1.54, 1.807) is 45.0 Å². The van der Waals surface area contributed by atoms with Crippen molar-refractivity contribution in [3.8, 4) is 11.5 Å². The fourth-order valence-corrected chi connectivity index (χ4v) is 3.55. The van der Waals surface area contributed by atoms with Gasteiger partial charge in [-0.2, -0.15) is 0 Å². The summed E-state index contributed by atoms with van der Waals surface area (Å²) in [6, 6.07) is 12.8. The Hall–Kier alpha value is -2.58. The number of ether oxygens (including phenoxy) is 2. The van der Waals surface area contributed by atoms with Gasteiger partial charge in [-0.25, -0.2) is 13.1 Å². The summed E-state index contributed by atoms with van der Waals surface area (Å²) in [4.78, 5) is 12.5. The highest BCUT2D eigenvalue weighted by atomic mass is 32.2. The largest absolute Gasteiger partial charge is 0.493 e. The number of carbonyl (C=O) groups is 1. The summed E-state index contributed by atoms with van der Waals surface area (Å²) in [7, 11) is -2.05. The van der Waals surface area contributed by atoms with E-state index in [1.165, 1.54) is 31.4 Å². The van der Waals surface area contributed by atoms with Crippen LogP contribution in [0.1, 0.15) is 20.8 Å². The van der Waals surface area contributed by atoms with Crippen molar-refractivity contribution in [1.29, 1.82) is 0 Å². The molecule has 0 aliphatic rings. The van der Waals surface area contributed by atoms with Gasteiger partial charge in [0.2, 0.25) is 10.0 Å². The molecule has 2 rings (SSSR count). The molecule has 1 unspecified atom stereocenters. The molecular formula is C19H24N2O5S. The van der Waals surface area contributed by atoms with Crippen LogP contribution in [0.25, 0.3) is 0 Å². The monoisotopic (exact) mass is 392 g/mol. The van der Waals surface area contributed by atoms with Gasteiger partial charge in [-0.05, 0) is 57.2 Å². The van der Waals surface area contributed by atoms with Gasteiger partial charge >= 0.3 is 0 Å². The maximum Gasteiger partial charge on any atom is 0.265 e. The van der Waals surface area contributed by atoms with Gasteiger partial charge in [0.05, 0.1) is 12.0 Å². The molecule has 0 bridgehead atoms. The number of methoxy groups -OCH3 is 1. The van der Waals surface area contributed by atoms with Gasteiger partial charge in [0.25, 0.3) is 5.91 Å². The molecule has 2 N–H and O–H groups in total. The third-order valence-corrected chi connectivity index (χ3v) is 5.24. The van der Waals surface area contributed by atoms with Gasteiger partial charge in [0, 0.05) is 11.7 Å². The fraction of sp³-hybridized carbons (Fsp3) is 0.316. The second-order valence-corrected chi connectivity index (χ2v) is 7.91. The Bertz CT molecular complexity index is 879. The first kappa shape index (κ1) is 20.7. The highest BCUT2D eigenvalue weighted by Crippen LogP contribution is 2.27. The van der Waals surface area contributed by atoms with Gasteiger partial charge in [0.1, 0.15) is 0 Å². The zero-order valence-corrected chi connectivity index (χ0v) is 16.5. The number of anilines is 1. The van der Waals surface area contributed by atoms with Crippen LogP contribution in [0.15, 0.2) is 53.4 Å². The van der Waals surface area contributed by atoms with E-state index in [9.17, 15) is 13.2 Å². The molecule has 146 valence electrons. The van der Waals surface area contributed by atoms with Crippen molar-refractivity contribution in [3.05, 3.63) is 48.5 Å². The molecule has 27 heavy (non-hydrogen) atoms. The van der Waals surface area contributed by atoms with Gasteiger partial charge < -0.3 is 14.8 Å². The van der Waals surface area contributed by atoms with Crippen molar-refractivity contribution in [1.82, 2.24) is 4.72 Å². The molecule has 0 fully saturated rings. The topological polar surface area (TPSA) is 93.7 Å². The van der Waals surface area contributed by atoms with Crippen molar-refractivity contribution in [2.24, 2.45) is 0 Å². The standard InChI is InChI=1S/C19H24N2O5S/c1-13(2)21-27(23,24)16-11-9-15(10-12-16)20-19(22)14(3)26-18-8-6-5-7-17(18)25-4/h5-14,21H,1-4H3,(H,20,22). The average Bonchev–Trinajstić information content (AvgIpc) is 2.61. The molecule has 7 nitrogen and oxygen atoms in total. The summed E-state index contributed by atoms with van der Waals surface area (Å²) >= 11 is 0. The maximum atomic E-state index is 12.3. The molecule has 1 atom stereocenters. The second-order valence-electron chi connectivity index (χ2n) is 6.20. The number of para-hydroxylation sites is 2. The van der Waals surface area contributed by atoms with Crippen molar-refractivity contribution < 1.29 is 22.7 Å². The van der Waals surface area contributed by atoms with Gasteiger partial charge in [-0.1, -0.05) is 12.1 Å². The zero-order valence-electron chi connectivity index (χ0n) is 15.7. The van der Waals surface area contributed by atoms with E-state index in [2.05, 4.69) is 10.0 Å². The third kappa shape index (κ3) is 5.70. The molecule has 0 spiro atoms. The van der Waals surface area contributed by atoms with Crippen LogP contribution in [0.2, 0.25) is 0 Å². The van der Waals surface area contributed by atoms with E-state index in [1.807, 2.05) is 0 Å². The molecule has 1 amide bonds. The average molecular weight is 392 g/mol. The summed E-state index contributed by atoms with van der Waals surface area (Å²) < 4.78 is 37.6. The van der Waals surface area contributed by atoms with Crippen molar-refractivity contribution in [2.75, 3.05) is 12.4 Å². The number of rotatable bonds is 8. The second kappa shape index (κ2) is 8.88. The Morgan fingerprint density at radius 1 is 0.963 bits per heavy atom. The summed E-state index contributed by atoms with van der Waals surface area (Å²) in [6.07, 6.45) is -0.771. The van der Waals surface area contributed by atoms with E-state index in [0.717, 1.165) is 0 Å². The van der Waals surface area contributed by atoms with E-state index in [-0.39, 0.29) is 16.8 Å². The Balaban J connectivity index is 2.03. The molecule has 0 aliphatic heterocycles. The lowest BCUT2D eigenvalue weighted by molar-refractivity contribution is -0.122. The molecule has 8 heteroatoms. The van der Waals surface area contributed by atoms with Crippen LogP contribution < -0.4 is 19.5 Å². The molecule has 0 heterocycles. The van der Waals surface area contributed by atoms with Crippen molar-refractivity contribution in [2.45, 2.75) is 37.8 Å². The van der Waals surface area contributed by atoms with Crippen LogP contribution in [0.3, 0.4) is 0 Å². The molecule has 0 aromatic heterocycles. The minimum Gasteiger partial charge on any atom is -0.493 e. The first-order chi connectivity index (χ1) is 12.7. The Kier molecular flexibility index (Phi) is 6.81. The number of sulfonamides is 1. The Morgan fingerprint density at radius 3 is 2.11 bits per heavy atom. The first-order valence-corrected chi connectivity index (χ1v) is 9.94. The van der Waals surface area contributed by atoms with Crippen LogP contribution >= 0.6 is 0 Å². The minimum atomic E-state index is -3.57. The highest BCUT2D eigenvalue weighted by Gasteiger charge is 2.18. The highest BCUT2D eigenvalue weighted by molar-refractivity contribution is 7.89. The smallest absolute Gasteiger partial charge is 0.265 e. The molecule has 0 aliphatic carbocycles. The Morgan fingerprint density at radius 2 is 1.56 bits per heavy atom. The lowest BCUT2D eigenvalue weighted by Crippen LogP contribution is -2.31. The quantitative estimate of drug-likeness (QED) is 0.720. The molecule has 0 radical (unpaired) electrons. The van der Waals surface area contributed by atoms with Crippen LogP contribution in [0, 0.1) is 0 Å². The lowest BCUT2D eigenvalue weighted by atomic mass is 10.3. The normalized spacial score (nSPS) is 12.5. The number of nitrogens with one attached hydrogen (secondary N) is 2. The summed E-state index contributed by atoms with van der Waals surface area (Å²) in [5, 5.41) is 2.70. The van der Waals surface area contributed by atoms with Crippen molar-refractivity contribution in [3.63, 3.8) is 0 Å². The van der Waals surface area contributed by atoms with Gasteiger partial charge in [0.15, 0.2) is 17.6 Å². The number of amides is 1. The zero-order chi connectivity index (χ0) is 20.0. The van der Waals surface area contributed by atoms with E-state index in [0.29, 0.717) is 17.2 Å². The van der Waals surface area contributed by atoms with Gasteiger partial charge in [-0.15, -0.1) is 0 Å². The lowest BCUT2D eigenvalue weighted by Gasteiger charge is -2.17. The number of hydrogen-bond donors (Lipinski definition) is 2. The first-order valence-electron chi connectivity index (χ1n) is 8.46. The van der Waals surface area contributed by atoms with Crippen LogP contribution in [-0.4, -0.2) is 33.6 Å².